The van der Waals surface area contributed by atoms with Crippen LogP contribution in [-0.2, 0) is 14.8 Å². The number of benzene rings is 1. The monoisotopic (exact) mass is 269 g/mol. The number of nitrogens with one attached hydrogen (secondary N) is 1. The number of sulfonamides is 1. The van der Waals surface area contributed by atoms with Crippen LogP contribution < -0.4 is 4.72 Å². The fraction of sp³-hybridized carbons (Fsp3) is 0.500. The maximum atomic E-state index is 12.2. The summed E-state index contributed by atoms with van der Waals surface area (Å²) >= 11 is 0. The van der Waals surface area contributed by atoms with Crippen LogP contribution in [0.4, 0.5) is 0 Å². The predicted molar refractivity (Wildman–Crippen MR) is 64.7 cm³/mol. The molecule has 2 fully saturated rings. The molecule has 18 heavy (non-hydrogen) atoms. The molecule has 2 heterocycles. The summed E-state index contributed by atoms with van der Waals surface area (Å²) in [5.41, 5.74) is 0. The van der Waals surface area contributed by atoms with Gasteiger partial charge in [-0.1, -0.05) is 12.1 Å². The molecule has 1 aromatic rings. The number of hydrogen-bond donors (Lipinski definition) is 2. The molecule has 2 N–H and O–H groups in total. The summed E-state index contributed by atoms with van der Waals surface area (Å²) in [6.45, 7) is 0. The maximum Gasteiger partial charge on any atom is 0.244 e. The van der Waals surface area contributed by atoms with E-state index in [9.17, 15) is 13.5 Å². The molecule has 0 radical (unpaired) electrons. The second kappa shape index (κ2) is 4.22. The average molecular weight is 269 g/mol. The van der Waals surface area contributed by atoms with Gasteiger partial charge < -0.3 is 9.84 Å². The zero-order valence-electron chi connectivity index (χ0n) is 9.74. The van der Waals surface area contributed by atoms with Crippen molar-refractivity contribution in [3.8, 4) is 5.75 Å². The molecular formula is C12H15NO4S. The molecule has 0 amide bonds. The third-order valence-corrected chi connectivity index (χ3v) is 5.10. The van der Waals surface area contributed by atoms with E-state index in [4.69, 9.17) is 4.74 Å². The van der Waals surface area contributed by atoms with Crippen molar-refractivity contribution in [2.45, 2.75) is 42.4 Å². The number of para-hydroxylation sites is 1. The minimum atomic E-state index is -3.68. The lowest BCUT2D eigenvalue weighted by Gasteiger charge is -2.20. The van der Waals surface area contributed by atoms with Gasteiger partial charge >= 0.3 is 0 Å². The Kier molecular flexibility index (Phi) is 2.80. The first-order valence-corrected chi connectivity index (χ1v) is 7.50. The van der Waals surface area contributed by atoms with Crippen LogP contribution in [-0.4, -0.2) is 31.8 Å². The van der Waals surface area contributed by atoms with Gasteiger partial charge in [0.15, 0.2) is 0 Å². The predicted octanol–water partition coefficient (Wildman–Crippen LogP) is 0.990. The summed E-state index contributed by atoms with van der Waals surface area (Å²) in [5, 5.41) is 9.60. The minimum absolute atomic E-state index is 0.0179. The second-order valence-corrected chi connectivity index (χ2v) is 6.49. The molecule has 6 heteroatoms. The number of hydrogen-bond acceptors (Lipinski definition) is 4. The van der Waals surface area contributed by atoms with Crippen molar-refractivity contribution in [3.63, 3.8) is 0 Å². The van der Waals surface area contributed by atoms with Gasteiger partial charge in [0, 0.05) is 0 Å². The van der Waals surface area contributed by atoms with Crippen molar-refractivity contribution < 1.29 is 18.3 Å². The fourth-order valence-electron chi connectivity index (χ4n) is 2.71. The number of rotatable bonds is 3. The molecule has 0 spiro atoms. The number of aromatic hydroxyl groups is 1. The highest BCUT2D eigenvalue weighted by Gasteiger charge is 2.42. The first-order chi connectivity index (χ1) is 8.56. The molecule has 3 unspecified atom stereocenters. The highest BCUT2D eigenvalue weighted by atomic mass is 32.2. The third-order valence-electron chi connectivity index (χ3n) is 3.57. The molecule has 3 rings (SSSR count). The van der Waals surface area contributed by atoms with Gasteiger partial charge in [0.2, 0.25) is 10.0 Å². The van der Waals surface area contributed by atoms with Crippen LogP contribution in [0.2, 0.25) is 0 Å². The van der Waals surface area contributed by atoms with Crippen LogP contribution in [0.15, 0.2) is 29.2 Å². The summed E-state index contributed by atoms with van der Waals surface area (Å²) in [5.74, 6) is -0.228. The highest BCUT2D eigenvalue weighted by molar-refractivity contribution is 7.89. The first kappa shape index (κ1) is 12.0. The summed E-state index contributed by atoms with van der Waals surface area (Å²) in [6, 6.07) is 5.77. The number of phenols is 1. The van der Waals surface area contributed by atoms with E-state index in [0.29, 0.717) is 0 Å². The molecule has 1 aromatic carbocycles. The van der Waals surface area contributed by atoms with Crippen LogP contribution in [0.3, 0.4) is 0 Å². The molecule has 2 bridgehead atoms. The second-order valence-electron chi connectivity index (χ2n) is 4.81. The van der Waals surface area contributed by atoms with E-state index in [1.165, 1.54) is 12.1 Å². The van der Waals surface area contributed by atoms with E-state index in [2.05, 4.69) is 4.72 Å². The number of fused-ring (bicyclic) bond motifs is 2. The lowest BCUT2D eigenvalue weighted by molar-refractivity contribution is 0.0996. The first-order valence-electron chi connectivity index (χ1n) is 6.02. The quantitative estimate of drug-likeness (QED) is 0.858. The number of ether oxygens (including phenoxy) is 1. The Labute approximate surface area is 106 Å². The Morgan fingerprint density at radius 1 is 1.28 bits per heavy atom. The Morgan fingerprint density at radius 2 is 2.06 bits per heavy atom. The highest BCUT2D eigenvalue weighted by Crippen LogP contribution is 2.35. The Balaban J connectivity index is 1.82. The van der Waals surface area contributed by atoms with Gasteiger partial charge in [-0.05, 0) is 31.4 Å². The maximum absolute atomic E-state index is 12.2. The average Bonchev–Trinajstić information content (AvgIpc) is 2.90. The molecule has 5 nitrogen and oxygen atoms in total. The van der Waals surface area contributed by atoms with E-state index in [1.54, 1.807) is 12.1 Å². The van der Waals surface area contributed by atoms with E-state index >= 15 is 0 Å². The van der Waals surface area contributed by atoms with Crippen molar-refractivity contribution in [1.82, 2.24) is 4.72 Å². The standard InChI is InChI=1S/C12H15NO4S/c14-10-3-1-2-4-12(10)18(15,16)13-9-7-8-5-6-11(9)17-8/h1-4,8-9,11,13-14H,5-7H2. The lowest BCUT2D eigenvalue weighted by atomic mass is 9.96. The molecule has 98 valence electrons. The van der Waals surface area contributed by atoms with Crippen molar-refractivity contribution in [3.05, 3.63) is 24.3 Å². The summed E-state index contributed by atoms with van der Waals surface area (Å²) in [6.07, 6.45) is 2.80. The van der Waals surface area contributed by atoms with Crippen LogP contribution in [0.1, 0.15) is 19.3 Å². The van der Waals surface area contributed by atoms with Gasteiger partial charge in [0.05, 0.1) is 18.2 Å². The third kappa shape index (κ3) is 2.00. The molecule has 2 saturated heterocycles. The van der Waals surface area contributed by atoms with Crippen LogP contribution >= 0.6 is 0 Å². The van der Waals surface area contributed by atoms with Gasteiger partial charge in [-0.3, -0.25) is 0 Å². The van der Waals surface area contributed by atoms with Crippen LogP contribution in [0.25, 0.3) is 0 Å². The molecule has 0 saturated carbocycles. The SMILES string of the molecule is O=S(=O)(NC1CC2CCC1O2)c1ccccc1O. The minimum Gasteiger partial charge on any atom is -0.507 e. The molecule has 0 aromatic heterocycles. The van der Waals surface area contributed by atoms with E-state index in [0.717, 1.165) is 19.3 Å². The Hall–Kier alpha value is -1.11. The molecular weight excluding hydrogens is 254 g/mol. The summed E-state index contributed by atoms with van der Waals surface area (Å²) in [4.78, 5) is -0.0761. The topological polar surface area (TPSA) is 75.6 Å². The molecule has 2 aliphatic heterocycles. The van der Waals surface area contributed by atoms with Gasteiger partial charge in [0.1, 0.15) is 10.6 Å². The summed E-state index contributed by atoms with van der Waals surface area (Å²) in [7, 11) is -3.68. The van der Waals surface area contributed by atoms with Gasteiger partial charge in [-0.2, -0.15) is 0 Å². The Bertz CT molecular complexity index is 557. The van der Waals surface area contributed by atoms with Crippen molar-refractivity contribution in [1.29, 1.82) is 0 Å². The fourth-order valence-corrected chi connectivity index (χ4v) is 4.08. The zero-order valence-corrected chi connectivity index (χ0v) is 10.6. The smallest absolute Gasteiger partial charge is 0.244 e. The lowest BCUT2D eigenvalue weighted by Crippen LogP contribution is -2.41. The van der Waals surface area contributed by atoms with Gasteiger partial charge in [-0.25, -0.2) is 13.1 Å². The van der Waals surface area contributed by atoms with Crippen molar-refractivity contribution in [2.24, 2.45) is 0 Å². The largest absolute Gasteiger partial charge is 0.507 e. The normalized spacial score (nSPS) is 30.8. The van der Waals surface area contributed by atoms with E-state index in [1.807, 2.05) is 0 Å². The van der Waals surface area contributed by atoms with E-state index < -0.39 is 10.0 Å². The van der Waals surface area contributed by atoms with Crippen LogP contribution in [0.5, 0.6) is 5.75 Å². The van der Waals surface area contributed by atoms with Crippen molar-refractivity contribution in [2.75, 3.05) is 0 Å². The van der Waals surface area contributed by atoms with Crippen LogP contribution in [0, 0.1) is 0 Å². The molecule has 3 atom stereocenters. The molecule has 2 aliphatic rings. The molecule has 0 aliphatic carbocycles. The van der Waals surface area contributed by atoms with Gasteiger partial charge in [-0.15, -0.1) is 0 Å². The summed E-state index contributed by atoms with van der Waals surface area (Å²) < 4.78 is 32.6. The Morgan fingerprint density at radius 3 is 2.67 bits per heavy atom. The van der Waals surface area contributed by atoms with E-state index in [-0.39, 0.29) is 28.9 Å². The van der Waals surface area contributed by atoms with Crippen molar-refractivity contribution >= 4 is 10.0 Å². The number of phenolic OH excluding ortho intramolecular Hbond substituents is 1. The van der Waals surface area contributed by atoms with Gasteiger partial charge in [0.25, 0.3) is 0 Å². The zero-order chi connectivity index (χ0) is 12.8.